The van der Waals surface area contributed by atoms with Crippen molar-refractivity contribution in [1.29, 1.82) is 0 Å². The van der Waals surface area contributed by atoms with E-state index in [1.54, 1.807) is 0 Å². The van der Waals surface area contributed by atoms with E-state index < -0.39 is 81.0 Å². The summed E-state index contributed by atoms with van der Waals surface area (Å²) >= 11 is 0. The Bertz CT molecular complexity index is 972. The molecule has 1 aliphatic heterocycles. The number of carboxylic acid groups (broad SMARTS) is 6. The van der Waals surface area contributed by atoms with Crippen LogP contribution in [0.25, 0.3) is 0 Å². The maximum absolute atomic E-state index is 13.3. The number of hydrogen-bond acceptors (Lipinski definition) is 16. The van der Waals surface area contributed by atoms with Crippen molar-refractivity contribution in [2.24, 2.45) is 0 Å². The Morgan fingerprint density at radius 2 is 0.787 bits per heavy atom. The maximum Gasteiger partial charge on any atom is 3.00 e. The number of amides is 1. The van der Waals surface area contributed by atoms with Gasteiger partial charge >= 0.3 is 141 Å². The second-order valence-electron chi connectivity index (χ2n) is 9.91. The van der Waals surface area contributed by atoms with Crippen molar-refractivity contribution in [3.05, 3.63) is 0 Å². The molecule has 1 rings (SSSR count). The van der Waals surface area contributed by atoms with E-state index in [9.17, 15) is 64.2 Å². The van der Waals surface area contributed by atoms with Crippen molar-refractivity contribution < 1.29 is 193 Å². The number of carbonyl (C=O) groups is 7. The van der Waals surface area contributed by atoms with Crippen LogP contribution in [0, 0.1) is 39.9 Å². The molecular formula is C24H36GdN6Na3O13+2. The quantitative estimate of drug-likeness (QED) is 0.129. The Hall–Kier alpha value is 0.415. The standard InChI is InChI=1S/C24H40N6O13.Gd.3Na/c31-18(11-28(15-22(38)39)5-6-29(16-23(40)41)17-24(42)43)30-9-7-26(13-20(34)35)3-1-25(12-19(32)33)2-4-27(8-10-30)14-21(36)37;;;;/h1-17H2,(H,32,33)(H,34,35)(H,36,37)(H,38,39)(H,40,41)(H,42,43);;;;/q;+3;3*+1/p-4. The molecule has 0 unspecified atom stereocenters. The summed E-state index contributed by atoms with van der Waals surface area (Å²) in [5.41, 5.74) is 0. The Morgan fingerprint density at radius 1 is 0.489 bits per heavy atom. The molecule has 1 aliphatic rings. The van der Waals surface area contributed by atoms with Gasteiger partial charge in [-0.1, -0.05) is 0 Å². The van der Waals surface area contributed by atoms with E-state index in [0.717, 1.165) is 9.80 Å². The van der Waals surface area contributed by atoms with E-state index in [1.165, 1.54) is 19.6 Å². The molecular weight excluding hydrogens is 807 g/mol. The van der Waals surface area contributed by atoms with Gasteiger partial charge in [0.15, 0.2) is 0 Å². The monoisotopic (exact) mass is 843 g/mol. The minimum absolute atomic E-state index is 0. The molecule has 1 fully saturated rings. The van der Waals surface area contributed by atoms with Gasteiger partial charge in [0.05, 0.1) is 43.5 Å². The summed E-state index contributed by atoms with van der Waals surface area (Å²) in [4.78, 5) is 88.4. The largest absolute Gasteiger partial charge is 3.00 e. The topological polar surface area (TPSA) is 272 Å². The number of hydrogen-bond donors (Lipinski definition) is 2. The third-order valence-corrected chi connectivity index (χ3v) is 6.41. The van der Waals surface area contributed by atoms with Gasteiger partial charge in [-0.25, -0.2) is 0 Å². The number of aliphatic carboxylic acids is 6. The zero-order valence-electron chi connectivity index (χ0n) is 26.9. The summed E-state index contributed by atoms with van der Waals surface area (Å²) in [5.74, 6) is -9.04. The first-order valence-electron chi connectivity index (χ1n) is 13.3. The Kier molecular flexibility index (Phi) is 34.7. The summed E-state index contributed by atoms with van der Waals surface area (Å²) in [6.45, 7) is -4.28. The summed E-state index contributed by atoms with van der Waals surface area (Å²) < 4.78 is 0. The van der Waals surface area contributed by atoms with Gasteiger partial charge in [0.2, 0.25) is 5.91 Å². The van der Waals surface area contributed by atoms with Crippen LogP contribution in [0.5, 0.6) is 0 Å². The Balaban J connectivity index is -0.00000231. The van der Waals surface area contributed by atoms with Crippen LogP contribution in [-0.2, 0) is 33.6 Å². The molecule has 0 aromatic rings. The van der Waals surface area contributed by atoms with Crippen LogP contribution >= 0.6 is 0 Å². The van der Waals surface area contributed by atoms with E-state index in [4.69, 9.17) is 0 Å². The molecule has 19 nitrogen and oxygen atoms in total. The SMILES string of the molecule is O=C([O-])CN1CCN(CC(=O)O)CCN(CC(=O)O)CCN(C(=O)CN(CCN(CC(=O)[O-])CC(=O)[O-])CC(=O)[O-])CC1.[Gd+3].[Na+].[Na+].[Na+]. The van der Waals surface area contributed by atoms with Gasteiger partial charge < -0.3 is 54.7 Å². The van der Waals surface area contributed by atoms with E-state index in [2.05, 4.69) is 0 Å². The summed E-state index contributed by atoms with van der Waals surface area (Å²) in [5, 5.41) is 63.1. The molecule has 1 amide bonds. The molecule has 0 aromatic carbocycles. The van der Waals surface area contributed by atoms with Crippen molar-refractivity contribution in [3.8, 4) is 0 Å². The molecule has 0 spiro atoms. The molecule has 2 N–H and O–H groups in total. The molecule has 1 heterocycles. The van der Waals surface area contributed by atoms with Crippen molar-refractivity contribution in [1.82, 2.24) is 29.4 Å². The molecule has 1 saturated heterocycles. The van der Waals surface area contributed by atoms with Crippen LogP contribution in [-0.4, -0.2) is 193 Å². The van der Waals surface area contributed by atoms with Gasteiger partial charge in [-0.05, 0) is 0 Å². The average molecular weight is 843 g/mol. The Labute approximate surface area is 370 Å². The molecule has 47 heavy (non-hydrogen) atoms. The second-order valence-corrected chi connectivity index (χ2v) is 9.91. The van der Waals surface area contributed by atoms with Gasteiger partial charge in [-0.15, -0.1) is 0 Å². The zero-order valence-corrected chi connectivity index (χ0v) is 35.2. The predicted octanol–water partition coefficient (Wildman–Crippen LogP) is -18.5. The second kappa shape index (κ2) is 30.1. The number of rotatable bonds is 17. The summed E-state index contributed by atoms with van der Waals surface area (Å²) in [6, 6.07) is 0. The van der Waals surface area contributed by atoms with E-state index >= 15 is 0 Å². The third kappa shape index (κ3) is 27.8. The fraction of sp³-hybridized carbons (Fsp3) is 0.708. The van der Waals surface area contributed by atoms with Crippen LogP contribution in [0.2, 0.25) is 0 Å². The van der Waals surface area contributed by atoms with Crippen LogP contribution in [0.15, 0.2) is 0 Å². The molecule has 0 saturated carbocycles. The molecule has 1 radical (unpaired) electrons. The van der Waals surface area contributed by atoms with Crippen LogP contribution in [0.4, 0.5) is 0 Å². The fourth-order valence-corrected chi connectivity index (χ4v) is 4.38. The molecule has 0 bridgehead atoms. The minimum atomic E-state index is -1.58. The molecule has 0 atom stereocenters. The molecule has 0 aliphatic carbocycles. The van der Waals surface area contributed by atoms with E-state index in [0.29, 0.717) is 0 Å². The molecule has 249 valence electrons. The van der Waals surface area contributed by atoms with Crippen molar-refractivity contribution in [3.63, 3.8) is 0 Å². The number of carbonyl (C=O) groups excluding carboxylic acids is 5. The maximum atomic E-state index is 13.3. The van der Waals surface area contributed by atoms with Gasteiger partial charge in [-0.2, -0.15) is 0 Å². The summed E-state index contributed by atoms with van der Waals surface area (Å²) in [7, 11) is 0. The van der Waals surface area contributed by atoms with Crippen LogP contribution < -0.4 is 109 Å². The van der Waals surface area contributed by atoms with Crippen LogP contribution in [0.1, 0.15) is 0 Å². The van der Waals surface area contributed by atoms with Crippen molar-refractivity contribution >= 4 is 41.7 Å². The average Bonchev–Trinajstić information content (AvgIpc) is 2.85. The fourth-order valence-electron chi connectivity index (χ4n) is 4.38. The normalized spacial score (nSPS) is 15.0. The summed E-state index contributed by atoms with van der Waals surface area (Å²) in [6.07, 6.45) is 0. The minimum Gasteiger partial charge on any atom is -0.549 e. The first kappa shape index (κ1) is 54.2. The third-order valence-electron chi connectivity index (χ3n) is 6.41. The first-order valence-corrected chi connectivity index (χ1v) is 13.3. The first-order chi connectivity index (χ1) is 20.1. The Morgan fingerprint density at radius 3 is 1.09 bits per heavy atom. The van der Waals surface area contributed by atoms with Gasteiger partial charge in [0, 0.05) is 91.6 Å². The van der Waals surface area contributed by atoms with E-state index in [-0.39, 0.29) is 201 Å². The van der Waals surface area contributed by atoms with Crippen LogP contribution in [0.3, 0.4) is 0 Å². The van der Waals surface area contributed by atoms with Gasteiger partial charge in [-0.3, -0.25) is 38.9 Å². The smallest absolute Gasteiger partial charge is 0.549 e. The van der Waals surface area contributed by atoms with Crippen molar-refractivity contribution in [2.75, 3.05) is 111 Å². The number of nitrogens with zero attached hydrogens (tertiary/aromatic N) is 6. The predicted molar refractivity (Wildman–Crippen MR) is 134 cm³/mol. The molecule has 23 heteroatoms. The zero-order chi connectivity index (χ0) is 32.5. The van der Waals surface area contributed by atoms with Gasteiger partial charge in [0.25, 0.3) is 0 Å². The number of carboxylic acids is 6. The van der Waals surface area contributed by atoms with Crippen molar-refractivity contribution in [2.45, 2.75) is 0 Å². The molecule has 0 aromatic heterocycles. The van der Waals surface area contributed by atoms with E-state index in [1.807, 2.05) is 0 Å². The van der Waals surface area contributed by atoms with Gasteiger partial charge in [0.1, 0.15) is 0 Å².